The van der Waals surface area contributed by atoms with E-state index in [9.17, 15) is 14.9 Å². The number of carbonyl (C=O) groups is 2. The van der Waals surface area contributed by atoms with Crippen LogP contribution >= 0.6 is 31.9 Å². The van der Waals surface area contributed by atoms with Crippen LogP contribution in [-0.4, -0.2) is 43.1 Å². The van der Waals surface area contributed by atoms with Gasteiger partial charge in [0.2, 0.25) is 0 Å². The number of amides is 1. The molecule has 126 valence electrons. The highest BCUT2D eigenvalue weighted by Crippen LogP contribution is 2.35. The number of nitrogens with zero attached hydrogens (tertiary/aromatic N) is 2. The van der Waals surface area contributed by atoms with Crippen molar-refractivity contribution in [1.29, 1.82) is 5.26 Å². The Balaban J connectivity index is 2.29. The third-order valence-corrected chi connectivity index (χ3v) is 4.40. The summed E-state index contributed by atoms with van der Waals surface area (Å²) in [6.07, 6.45) is 1.50. The van der Waals surface area contributed by atoms with E-state index in [2.05, 4.69) is 31.9 Å². The molecular formula is C16H14Br2N2O4. The molecule has 0 aliphatic carbocycles. The Hall–Kier alpha value is -1.69. The van der Waals surface area contributed by atoms with Crippen LogP contribution in [0.25, 0.3) is 6.08 Å². The molecule has 0 saturated carbocycles. The zero-order valence-electron chi connectivity index (χ0n) is 12.8. The van der Waals surface area contributed by atoms with Crippen molar-refractivity contribution in [3.63, 3.8) is 0 Å². The van der Waals surface area contributed by atoms with Gasteiger partial charge in [0.15, 0.2) is 5.75 Å². The molecule has 1 fully saturated rings. The van der Waals surface area contributed by atoms with E-state index in [0.717, 1.165) is 0 Å². The Kier molecular flexibility index (Phi) is 6.54. The summed E-state index contributed by atoms with van der Waals surface area (Å²) in [6.45, 7) is 3.19. The lowest BCUT2D eigenvalue weighted by Crippen LogP contribution is -2.41. The van der Waals surface area contributed by atoms with E-state index < -0.39 is 5.97 Å². The molecule has 0 bridgehead atoms. The monoisotopic (exact) mass is 456 g/mol. The number of rotatable bonds is 3. The topological polar surface area (TPSA) is 79.6 Å². The molecule has 8 heteroatoms. The lowest BCUT2D eigenvalue weighted by atomic mass is 10.1. The molecule has 0 radical (unpaired) electrons. The second kappa shape index (κ2) is 8.42. The third kappa shape index (κ3) is 4.66. The van der Waals surface area contributed by atoms with E-state index in [1.807, 2.05) is 6.07 Å². The van der Waals surface area contributed by atoms with Crippen LogP contribution in [0, 0.1) is 11.3 Å². The van der Waals surface area contributed by atoms with Gasteiger partial charge in [0.1, 0.15) is 11.6 Å². The zero-order chi connectivity index (χ0) is 17.7. The molecule has 1 amide bonds. The van der Waals surface area contributed by atoms with Crippen LogP contribution in [0.2, 0.25) is 0 Å². The van der Waals surface area contributed by atoms with Crippen LogP contribution in [-0.2, 0) is 14.3 Å². The van der Waals surface area contributed by atoms with Gasteiger partial charge >= 0.3 is 5.97 Å². The molecule has 0 aromatic heterocycles. The molecule has 2 rings (SSSR count). The minimum Gasteiger partial charge on any atom is -0.424 e. The predicted molar refractivity (Wildman–Crippen MR) is 94.1 cm³/mol. The molecule has 24 heavy (non-hydrogen) atoms. The summed E-state index contributed by atoms with van der Waals surface area (Å²) < 4.78 is 11.4. The van der Waals surface area contributed by atoms with Crippen LogP contribution in [0.5, 0.6) is 5.75 Å². The van der Waals surface area contributed by atoms with Crippen molar-refractivity contribution >= 4 is 49.8 Å². The van der Waals surface area contributed by atoms with E-state index in [0.29, 0.717) is 46.6 Å². The number of ether oxygens (including phenoxy) is 2. The highest BCUT2D eigenvalue weighted by Gasteiger charge is 2.21. The second-order valence-electron chi connectivity index (χ2n) is 4.98. The van der Waals surface area contributed by atoms with Crippen molar-refractivity contribution in [1.82, 2.24) is 4.90 Å². The first-order valence-electron chi connectivity index (χ1n) is 7.08. The van der Waals surface area contributed by atoms with Gasteiger partial charge in [0, 0.05) is 20.0 Å². The van der Waals surface area contributed by atoms with Gasteiger partial charge in [-0.15, -0.1) is 0 Å². The molecule has 0 spiro atoms. The average molecular weight is 458 g/mol. The summed E-state index contributed by atoms with van der Waals surface area (Å²) in [6, 6.07) is 5.29. The number of hydrogen-bond acceptors (Lipinski definition) is 5. The fourth-order valence-electron chi connectivity index (χ4n) is 2.15. The maximum Gasteiger partial charge on any atom is 0.308 e. The maximum absolute atomic E-state index is 12.4. The van der Waals surface area contributed by atoms with E-state index in [4.69, 9.17) is 9.47 Å². The Bertz CT molecular complexity index is 711. The molecule has 1 saturated heterocycles. The Labute approximate surface area is 156 Å². The smallest absolute Gasteiger partial charge is 0.308 e. The number of benzene rings is 1. The van der Waals surface area contributed by atoms with E-state index in [-0.39, 0.29) is 11.5 Å². The Morgan fingerprint density at radius 2 is 1.88 bits per heavy atom. The zero-order valence-corrected chi connectivity index (χ0v) is 16.0. The molecule has 1 heterocycles. The first kappa shape index (κ1) is 18.6. The highest BCUT2D eigenvalue weighted by atomic mass is 79.9. The molecule has 1 aromatic rings. The van der Waals surface area contributed by atoms with Gasteiger partial charge in [-0.25, -0.2) is 0 Å². The maximum atomic E-state index is 12.4. The number of morpholine rings is 1. The highest BCUT2D eigenvalue weighted by molar-refractivity contribution is 9.11. The summed E-state index contributed by atoms with van der Waals surface area (Å²) in [5, 5.41) is 9.31. The van der Waals surface area contributed by atoms with E-state index in [1.54, 1.807) is 17.0 Å². The third-order valence-electron chi connectivity index (χ3n) is 3.23. The van der Waals surface area contributed by atoms with Crippen molar-refractivity contribution in [2.24, 2.45) is 0 Å². The fourth-order valence-corrected chi connectivity index (χ4v) is 3.53. The molecule has 1 aromatic carbocycles. The first-order chi connectivity index (χ1) is 11.4. The predicted octanol–water partition coefficient (Wildman–Crippen LogP) is 2.90. The van der Waals surface area contributed by atoms with Gasteiger partial charge in [-0.05, 0) is 55.6 Å². The number of esters is 1. The fraction of sp³-hybridized carbons (Fsp3) is 0.312. The quantitative estimate of drug-likeness (QED) is 0.301. The van der Waals surface area contributed by atoms with Gasteiger partial charge < -0.3 is 14.4 Å². The van der Waals surface area contributed by atoms with Crippen molar-refractivity contribution in [3.8, 4) is 11.8 Å². The molecule has 0 atom stereocenters. The van der Waals surface area contributed by atoms with Gasteiger partial charge in [0.05, 0.1) is 22.2 Å². The minimum atomic E-state index is -0.445. The summed E-state index contributed by atoms with van der Waals surface area (Å²) >= 11 is 6.64. The standard InChI is InChI=1S/C16H14Br2N2O4/c1-10(21)24-15-13(17)7-11(8-14(15)18)6-12(9-19)16(22)20-2-4-23-5-3-20/h6-8H,2-5H2,1H3/b12-6+. The van der Waals surface area contributed by atoms with Crippen LogP contribution in [0.1, 0.15) is 12.5 Å². The SMILES string of the molecule is CC(=O)Oc1c(Br)cc(/C=C(\C#N)C(=O)N2CCOCC2)cc1Br. The average Bonchev–Trinajstić information content (AvgIpc) is 2.56. The van der Waals surface area contributed by atoms with Gasteiger partial charge in [0.25, 0.3) is 5.91 Å². The largest absolute Gasteiger partial charge is 0.424 e. The summed E-state index contributed by atoms with van der Waals surface area (Å²) in [5.74, 6) is -0.422. The molecule has 0 unspecified atom stereocenters. The van der Waals surface area contributed by atoms with Crippen LogP contribution in [0.3, 0.4) is 0 Å². The summed E-state index contributed by atoms with van der Waals surface area (Å²) in [7, 11) is 0. The van der Waals surface area contributed by atoms with Gasteiger partial charge in [-0.1, -0.05) is 0 Å². The van der Waals surface area contributed by atoms with Crippen LogP contribution < -0.4 is 4.74 Å². The van der Waals surface area contributed by atoms with E-state index >= 15 is 0 Å². The Morgan fingerprint density at radius 3 is 2.38 bits per heavy atom. The van der Waals surface area contributed by atoms with Gasteiger partial charge in [-0.2, -0.15) is 5.26 Å². The van der Waals surface area contributed by atoms with Crippen LogP contribution in [0.4, 0.5) is 0 Å². The number of halogens is 2. The minimum absolute atomic E-state index is 0.0379. The lowest BCUT2D eigenvalue weighted by molar-refractivity contribution is -0.132. The lowest BCUT2D eigenvalue weighted by Gasteiger charge is -2.26. The second-order valence-corrected chi connectivity index (χ2v) is 6.69. The van der Waals surface area contributed by atoms with Crippen molar-refractivity contribution in [2.75, 3.05) is 26.3 Å². The van der Waals surface area contributed by atoms with E-state index in [1.165, 1.54) is 13.0 Å². The molecule has 0 N–H and O–H groups in total. The van der Waals surface area contributed by atoms with Gasteiger partial charge in [-0.3, -0.25) is 9.59 Å². The van der Waals surface area contributed by atoms with Crippen molar-refractivity contribution < 1.29 is 19.1 Å². The number of nitriles is 1. The molecule has 1 aliphatic rings. The first-order valence-corrected chi connectivity index (χ1v) is 8.67. The Morgan fingerprint density at radius 1 is 1.29 bits per heavy atom. The van der Waals surface area contributed by atoms with Crippen LogP contribution in [0.15, 0.2) is 26.7 Å². The van der Waals surface area contributed by atoms with Crippen molar-refractivity contribution in [3.05, 3.63) is 32.2 Å². The molecule has 1 aliphatic heterocycles. The summed E-state index contributed by atoms with van der Waals surface area (Å²) in [5.41, 5.74) is 0.666. The van der Waals surface area contributed by atoms with Crippen molar-refractivity contribution in [2.45, 2.75) is 6.92 Å². The molecular weight excluding hydrogens is 444 g/mol. The number of hydrogen-bond donors (Lipinski definition) is 0. The normalized spacial score (nSPS) is 14.9. The summed E-state index contributed by atoms with van der Waals surface area (Å²) in [4.78, 5) is 25.1. The molecule has 6 nitrogen and oxygen atoms in total. The number of carbonyl (C=O) groups excluding carboxylic acids is 2.